The van der Waals surface area contributed by atoms with Gasteiger partial charge in [-0.2, -0.15) is 9.36 Å². The van der Waals surface area contributed by atoms with Crippen LogP contribution in [0.5, 0.6) is 0 Å². The van der Waals surface area contributed by atoms with Gasteiger partial charge >= 0.3 is 0 Å². The number of aromatic nitrogens is 4. The van der Waals surface area contributed by atoms with Crippen molar-refractivity contribution in [2.24, 2.45) is 0 Å². The van der Waals surface area contributed by atoms with E-state index in [1.54, 1.807) is 17.1 Å². The van der Waals surface area contributed by atoms with Gasteiger partial charge in [0.05, 0.1) is 0 Å². The van der Waals surface area contributed by atoms with Crippen LogP contribution >= 0.6 is 11.5 Å². The minimum absolute atomic E-state index is 0.690. The quantitative estimate of drug-likeness (QED) is 0.789. The largest absolute Gasteiger partial charge is 0.350 e. The van der Waals surface area contributed by atoms with Crippen molar-refractivity contribution in [1.82, 2.24) is 18.9 Å². The van der Waals surface area contributed by atoms with E-state index in [2.05, 4.69) is 26.2 Å². The van der Waals surface area contributed by atoms with Crippen LogP contribution in [-0.4, -0.2) is 32.5 Å². The van der Waals surface area contributed by atoms with E-state index in [4.69, 9.17) is 0 Å². The van der Waals surface area contributed by atoms with E-state index in [0.717, 1.165) is 18.1 Å². The molecule has 2 aromatic heterocycles. The molecule has 0 saturated carbocycles. The summed E-state index contributed by atoms with van der Waals surface area (Å²) in [4.78, 5) is 10.5. The summed E-state index contributed by atoms with van der Waals surface area (Å²) in [6, 6.07) is 0. The first-order valence-corrected chi connectivity index (χ1v) is 5.61. The molecular formula is C9H13N5S. The Morgan fingerprint density at radius 1 is 1.53 bits per heavy atom. The van der Waals surface area contributed by atoms with Gasteiger partial charge in [-0.25, -0.2) is 4.98 Å². The second-order valence-corrected chi connectivity index (χ2v) is 4.00. The molecule has 0 aromatic carbocycles. The van der Waals surface area contributed by atoms with Crippen molar-refractivity contribution >= 4 is 16.7 Å². The van der Waals surface area contributed by atoms with Gasteiger partial charge in [-0.15, -0.1) is 0 Å². The second-order valence-electron chi connectivity index (χ2n) is 3.27. The van der Waals surface area contributed by atoms with Gasteiger partial charge in [-0.1, -0.05) is 6.92 Å². The highest BCUT2D eigenvalue weighted by Gasteiger charge is 2.08. The highest BCUT2D eigenvalue weighted by Crippen LogP contribution is 2.17. The first-order valence-electron chi connectivity index (χ1n) is 4.84. The number of hydrogen-bond donors (Lipinski definition) is 0. The predicted molar refractivity (Wildman–Crippen MR) is 60.6 cm³/mol. The van der Waals surface area contributed by atoms with Gasteiger partial charge in [-0.05, 0) is 6.42 Å². The summed E-state index contributed by atoms with van der Waals surface area (Å²) < 4.78 is 6.08. The van der Waals surface area contributed by atoms with Crippen LogP contribution in [0.3, 0.4) is 0 Å². The summed E-state index contributed by atoms with van der Waals surface area (Å²) in [5.74, 6) is 0.690. The number of nitrogens with zero attached hydrogens (tertiary/aromatic N) is 5. The summed E-state index contributed by atoms with van der Waals surface area (Å²) in [5.41, 5.74) is 0. The van der Waals surface area contributed by atoms with Crippen LogP contribution in [0.25, 0.3) is 5.95 Å². The third-order valence-electron chi connectivity index (χ3n) is 2.03. The zero-order valence-electron chi connectivity index (χ0n) is 8.79. The molecule has 15 heavy (non-hydrogen) atoms. The standard InChI is InChI=1S/C9H13N5S/c1-3-5-13(2)9-11-8(12-15-9)14-6-4-10-7-14/h4,6-7H,3,5H2,1-2H3. The molecule has 0 N–H and O–H groups in total. The zero-order chi connectivity index (χ0) is 10.7. The third-order valence-corrected chi connectivity index (χ3v) is 2.85. The molecule has 0 amide bonds. The van der Waals surface area contributed by atoms with Crippen LogP contribution in [0.15, 0.2) is 18.7 Å². The molecule has 0 spiro atoms. The van der Waals surface area contributed by atoms with Gasteiger partial charge in [-0.3, -0.25) is 4.57 Å². The van der Waals surface area contributed by atoms with Gasteiger partial charge in [0.25, 0.3) is 0 Å². The van der Waals surface area contributed by atoms with Crippen molar-refractivity contribution in [3.05, 3.63) is 18.7 Å². The molecule has 0 bridgehead atoms. The van der Waals surface area contributed by atoms with E-state index in [1.165, 1.54) is 11.5 Å². The number of anilines is 1. The van der Waals surface area contributed by atoms with Crippen LogP contribution in [-0.2, 0) is 0 Å². The fourth-order valence-electron chi connectivity index (χ4n) is 1.28. The van der Waals surface area contributed by atoms with Crippen LogP contribution in [0.4, 0.5) is 5.13 Å². The summed E-state index contributed by atoms with van der Waals surface area (Å²) in [6.07, 6.45) is 6.37. The fraction of sp³-hybridized carbons (Fsp3) is 0.444. The van der Waals surface area contributed by atoms with Crippen molar-refractivity contribution in [3.8, 4) is 5.95 Å². The molecule has 6 heteroatoms. The predicted octanol–water partition coefficient (Wildman–Crippen LogP) is 1.57. The molecule has 2 heterocycles. The zero-order valence-corrected chi connectivity index (χ0v) is 9.61. The maximum Gasteiger partial charge on any atom is 0.248 e. The summed E-state index contributed by atoms with van der Waals surface area (Å²) in [5, 5.41) is 0.945. The molecule has 5 nitrogen and oxygen atoms in total. The molecule has 0 fully saturated rings. The molecule has 0 atom stereocenters. The lowest BCUT2D eigenvalue weighted by Crippen LogP contribution is -2.17. The smallest absolute Gasteiger partial charge is 0.248 e. The van der Waals surface area contributed by atoms with Crippen LogP contribution in [0, 0.1) is 0 Å². The van der Waals surface area contributed by atoms with E-state index in [-0.39, 0.29) is 0 Å². The Kier molecular flexibility index (Phi) is 2.96. The van der Waals surface area contributed by atoms with Gasteiger partial charge in [0.15, 0.2) is 0 Å². The first kappa shape index (κ1) is 10.1. The van der Waals surface area contributed by atoms with E-state index in [9.17, 15) is 0 Å². The lowest BCUT2D eigenvalue weighted by molar-refractivity contribution is 0.842. The molecule has 0 saturated heterocycles. The highest BCUT2D eigenvalue weighted by atomic mass is 32.1. The SMILES string of the molecule is CCCN(C)c1nc(-n2ccnc2)ns1. The van der Waals surface area contributed by atoms with E-state index < -0.39 is 0 Å². The van der Waals surface area contributed by atoms with Gasteiger partial charge < -0.3 is 4.90 Å². The van der Waals surface area contributed by atoms with Gasteiger partial charge in [0.1, 0.15) is 6.33 Å². The molecule has 0 aliphatic carbocycles. The lowest BCUT2D eigenvalue weighted by atomic mass is 10.5. The lowest BCUT2D eigenvalue weighted by Gasteiger charge is -2.12. The summed E-state index contributed by atoms with van der Waals surface area (Å²) >= 11 is 1.41. The molecule has 2 rings (SSSR count). The molecular weight excluding hydrogens is 210 g/mol. The highest BCUT2D eigenvalue weighted by molar-refractivity contribution is 7.09. The average Bonchev–Trinajstić information content (AvgIpc) is 2.89. The van der Waals surface area contributed by atoms with E-state index >= 15 is 0 Å². The third kappa shape index (κ3) is 2.15. The monoisotopic (exact) mass is 223 g/mol. The van der Waals surface area contributed by atoms with Crippen molar-refractivity contribution < 1.29 is 0 Å². The average molecular weight is 223 g/mol. The Balaban J connectivity index is 2.17. The van der Waals surface area contributed by atoms with E-state index in [0.29, 0.717) is 5.95 Å². The molecule has 2 aromatic rings. The Bertz CT molecular complexity index is 408. The molecule has 0 aliphatic heterocycles. The molecule has 0 unspecified atom stereocenters. The topological polar surface area (TPSA) is 46.8 Å². The summed E-state index contributed by atoms with van der Waals surface area (Å²) in [6.45, 7) is 3.15. The second kappa shape index (κ2) is 4.39. The van der Waals surface area contributed by atoms with Crippen molar-refractivity contribution in [2.75, 3.05) is 18.5 Å². The number of hydrogen-bond acceptors (Lipinski definition) is 5. The Labute approximate surface area is 92.6 Å². The van der Waals surface area contributed by atoms with Gasteiger partial charge in [0, 0.05) is 37.5 Å². The minimum Gasteiger partial charge on any atom is -0.350 e. The van der Waals surface area contributed by atoms with Crippen molar-refractivity contribution in [3.63, 3.8) is 0 Å². The van der Waals surface area contributed by atoms with Crippen LogP contribution in [0.1, 0.15) is 13.3 Å². The van der Waals surface area contributed by atoms with Crippen LogP contribution in [0.2, 0.25) is 0 Å². The maximum atomic E-state index is 4.43. The Hall–Kier alpha value is -1.43. The van der Waals surface area contributed by atoms with Crippen LogP contribution < -0.4 is 4.90 Å². The minimum atomic E-state index is 0.690. The van der Waals surface area contributed by atoms with E-state index in [1.807, 2.05) is 13.2 Å². The van der Waals surface area contributed by atoms with Crippen molar-refractivity contribution in [2.45, 2.75) is 13.3 Å². The molecule has 0 aliphatic rings. The van der Waals surface area contributed by atoms with Crippen molar-refractivity contribution in [1.29, 1.82) is 0 Å². The molecule has 80 valence electrons. The normalized spacial score (nSPS) is 10.5. The molecule has 0 radical (unpaired) electrons. The Morgan fingerprint density at radius 2 is 2.40 bits per heavy atom. The van der Waals surface area contributed by atoms with Gasteiger partial charge in [0.2, 0.25) is 11.1 Å². The first-order chi connectivity index (χ1) is 7.31. The maximum absolute atomic E-state index is 4.43. The Morgan fingerprint density at radius 3 is 3.07 bits per heavy atom. The fourth-order valence-corrected chi connectivity index (χ4v) is 1.93. The summed E-state index contributed by atoms with van der Waals surface area (Å²) in [7, 11) is 2.03. The number of rotatable bonds is 4. The number of imidazole rings is 1.